The number of hydrogen-bond acceptors (Lipinski definition) is 3. The zero-order valence-electron chi connectivity index (χ0n) is 9.46. The zero-order valence-corrected chi connectivity index (χ0v) is 9.46. The van der Waals surface area contributed by atoms with Crippen LogP contribution in [0.25, 0.3) is 11.0 Å². The first kappa shape index (κ1) is 10.6. The summed E-state index contributed by atoms with van der Waals surface area (Å²) < 4.78 is 5.35. The third-order valence-corrected chi connectivity index (χ3v) is 2.86. The minimum atomic E-state index is -0.111. The molecule has 0 amide bonds. The van der Waals surface area contributed by atoms with E-state index in [9.17, 15) is 9.90 Å². The molecule has 18 heavy (non-hydrogen) atoms. The monoisotopic (exact) mass is 238 g/mol. The van der Waals surface area contributed by atoms with Gasteiger partial charge >= 0.3 is 0 Å². The second-order valence-electron chi connectivity index (χ2n) is 4.02. The number of carbonyl (C=O) groups is 1. The predicted octanol–water partition coefficient (Wildman–Crippen LogP) is 3.37. The Kier molecular flexibility index (Phi) is 2.38. The van der Waals surface area contributed by atoms with Gasteiger partial charge in [-0.3, -0.25) is 4.79 Å². The summed E-state index contributed by atoms with van der Waals surface area (Å²) in [5, 5.41) is 10.0. The van der Waals surface area contributed by atoms with Gasteiger partial charge in [-0.2, -0.15) is 0 Å². The first-order valence-electron chi connectivity index (χ1n) is 5.55. The van der Waals surface area contributed by atoms with Gasteiger partial charge in [-0.25, -0.2) is 0 Å². The van der Waals surface area contributed by atoms with Gasteiger partial charge in [0, 0.05) is 10.9 Å². The summed E-state index contributed by atoms with van der Waals surface area (Å²) in [6.45, 7) is 0. The van der Waals surface area contributed by atoms with Gasteiger partial charge in [-0.15, -0.1) is 0 Å². The highest BCUT2D eigenvalue weighted by Crippen LogP contribution is 2.23. The molecule has 0 aliphatic rings. The summed E-state index contributed by atoms with van der Waals surface area (Å²) in [6, 6.07) is 13.6. The van der Waals surface area contributed by atoms with E-state index >= 15 is 0 Å². The van der Waals surface area contributed by atoms with E-state index in [1.807, 2.05) is 24.3 Å². The first-order valence-corrected chi connectivity index (χ1v) is 5.55. The smallest absolute Gasteiger partial charge is 0.196 e. The van der Waals surface area contributed by atoms with Crippen molar-refractivity contribution >= 4 is 16.8 Å². The molecular weight excluding hydrogens is 228 g/mol. The van der Waals surface area contributed by atoms with Gasteiger partial charge in [-0.05, 0) is 30.3 Å². The molecule has 0 saturated heterocycles. The van der Waals surface area contributed by atoms with Gasteiger partial charge < -0.3 is 9.52 Å². The summed E-state index contributed by atoms with van der Waals surface area (Å²) >= 11 is 0. The Balaban J connectivity index is 2.09. The molecule has 3 nitrogen and oxygen atoms in total. The molecule has 0 unspecified atom stereocenters. The molecule has 3 heteroatoms. The molecule has 1 N–H and O–H groups in total. The average molecular weight is 238 g/mol. The maximum absolute atomic E-state index is 12.3. The summed E-state index contributed by atoms with van der Waals surface area (Å²) in [4.78, 5) is 12.3. The predicted molar refractivity (Wildman–Crippen MR) is 67.8 cm³/mol. The van der Waals surface area contributed by atoms with E-state index in [-0.39, 0.29) is 11.5 Å². The lowest BCUT2D eigenvalue weighted by atomic mass is 10.0. The van der Waals surface area contributed by atoms with E-state index in [2.05, 4.69) is 0 Å². The molecule has 88 valence electrons. The van der Waals surface area contributed by atoms with E-state index < -0.39 is 0 Å². The summed E-state index contributed by atoms with van der Waals surface area (Å²) in [5.41, 5.74) is 1.76. The zero-order chi connectivity index (χ0) is 12.5. The standard InChI is InChI=1S/C15H10O3/c16-11-7-5-10(6-8-11)15(17)13-9-18-14-4-2-1-3-12(13)14/h1-9,16H. The van der Waals surface area contributed by atoms with Gasteiger partial charge in [0.15, 0.2) is 5.78 Å². The van der Waals surface area contributed by atoms with Crippen molar-refractivity contribution < 1.29 is 14.3 Å². The number of phenolic OH excluding ortho intramolecular Hbond substituents is 1. The first-order chi connectivity index (χ1) is 8.75. The summed E-state index contributed by atoms with van der Waals surface area (Å²) in [7, 11) is 0. The Hall–Kier alpha value is -2.55. The lowest BCUT2D eigenvalue weighted by molar-refractivity contribution is 0.103. The molecule has 0 bridgehead atoms. The molecule has 0 spiro atoms. The number of para-hydroxylation sites is 1. The van der Waals surface area contributed by atoms with Gasteiger partial charge in [0.25, 0.3) is 0 Å². The number of carbonyl (C=O) groups excluding carboxylic acids is 1. The maximum Gasteiger partial charge on any atom is 0.196 e. The van der Waals surface area contributed by atoms with Crippen LogP contribution in [0.4, 0.5) is 0 Å². The fraction of sp³-hybridized carbons (Fsp3) is 0. The van der Waals surface area contributed by atoms with Crippen molar-refractivity contribution in [2.45, 2.75) is 0 Å². The number of fused-ring (bicyclic) bond motifs is 1. The molecule has 0 atom stereocenters. The number of benzene rings is 2. The largest absolute Gasteiger partial charge is 0.508 e. The van der Waals surface area contributed by atoms with Crippen LogP contribution in [0.2, 0.25) is 0 Å². The molecule has 0 fully saturated rings. The van der Waals surface area contributed by atoms with Crippen LogP contribution in [0, 0.1) is 0 Å². The van der Waals surface area contributed by atoms with E-state index in [1.165, 1.54) is 18.4 Å². The highest BCUT2D eigenvalue weighted by Gasteiger charge is 2.15. The highest BCUT2D eigenvalue weighted by molar-refractivity contribution is 6.15. The molecule has 0 saturated carbocycles. The van der Waals surface area contributed by atoms with Gasteiger partial charge in [-0.1, -0.05) is 18.2 Å². The average Bonchev–Trinajstić information content (AvgIpc) is 2.82. The minimum Gasteiger partial charge on any atom is -0.508 e. The van der Waals surface area contributed by atoms with Gasteiger partial charge in [0.1, 0.15) is 17.6 Å². The van der Waals surface area contributed by atoms with Crippen LogP contribution < -0.4 is 0 Å². The van der Waals surface area contributed by atoms with Crippen LogP contribution in [0.1, 0.15) is 15.9 Å². The van der Waals surface area contributed by atoms with Crippen molar-refractivity contribution in [3.63, 3.8) is 0 Å². The third kappa shape index (κ3) is 1.66. The second-order valence-corrected chi connectivity index (χ2v) is 4.02. The topological polar surface area (TPSA) is 50.4 Å². The van der Waals surface area contributed by atoms with Crippen LogP contribution in [-0.2, 0) is 0 Å². The van der Waals surface area contributed by atoms with Crippen LogP contribution in [0.15, 0.2) is 59.2 Å². The van der Waals surface area contributed by atoms with Crippen molar-refractivity contribution in [1.82, 2.24) is 0 Å². The minimum absolute atomic E-state index is 0.111. The van der Waals surface area contributed by atoms with Crippen LogP contribution in [0.3, 0.4) is 0 Å². The normalized spacial score (nSPS) is 10.7. The summed E-state index contributed by atoms with van der Waals surface area (Å²) in [6.07, 6.45) is 1.47. The SMILES string of the molecule is O=C(c1ccc(O)cc1)c1coc2ccccc12. The fourth-order valence-electron chi connectivity index (χ4n) is 1.92. The van der Waals surface area contributed by atoms with Crippen molar-refractivity contribution in [3.8, 4) is 5.75 Å². The van der Waals surface area contributed by atoms with Gasteiger partial charge in [0.2, 0.25) is 0 Å². The molecule has 2 aromatic carbocycles. The number of hydrogen-bond donors (Lipinski definition) is 1. The van der Waals surface area contributed by atoms with Crippen molar-refractivity contribution in [2.75, 3.05) is 0 Å². The lowest BCUT2D eigenvalue weighted by Gasteiger charge is -1.99. The lowest BCUT2D eigenvalue weighted by Crippen LogP contribution is -1.99. The number of aromatic hydroxyl groups is 1. The molecule has 3 aromatic rings. The molecule has 1 heterocycles. The van der Waals surface area contributed by atoms with Crippen LogP contribution >= 0.6 is 0 Å². The maximum atomic E-state index is 12.3. The van der Waals surface area contributed by atoms with Crippen molar-refractivity contribution in [1.29, 1.82) is 0 Å². The Labute approximate surface area is 103 Å². The number of furan rings is 1. The van der Waals surface area contributed by atoms with E-state index in [0.29, 0.717) is 16.7 Å². The molecule has 3 rings (SSSR count). The number of phenols is 1. The number of ketones is 1. The van der Waals surface area contributed by atoms with E-state index in [4.69, 9.17) is 4.42 Å². The Bertz CT molecular complexity index is 708. The Morgan fingerprint density at radius 1 is 1.00 bits per heavy atom. The van der Waals surface area contributed by atoms with E-state index in [1.54, 1.807) is 12.1 Å². The Morgan fingerprint density at radius 3 is 2.50 bits per heavy atom. The summed E-state index contributed by atoms with van der Waals surface area (Å²) in [5.74, 6) is 0.0311. The molecule has 1 aromatic heterocycles. The fourth-order valence-corrected chi connectivity index (χ4v) is 1.92. The highest BCUT2D eigenvalue weighted by atomic mass is 16.3. The quantitative estimate of drug-likeness (QED) is 0.696. The van der Waals surface area contributed by atoms with Gasteiger partial charge in [0.05, 0.1) is 5.56 Å². The van der Waals surface area contributed by atoms with Crippen LogP contribution in [0.5, 0.6) is 5.75 Å². The second kappa shape index (κ2) is 4.04. The molecular formula is C15H10O3. The van der Waals surface area contributed by atoms with Crippen molar-refractivity contribution in [3.05, 3.63) is 65.9 Å². The van der Waals surface area contributed by atoms with Crippen LogP contribution in [-0.4, -0.2) is 10.9 Å². The molecule has 0 radical (unpaired) electrons. The number of rotatable bonds is 2. The Morgan fingerprint density at radius 2 is 1.72 bits per heavy atom. The third-order valence-electron chi connectivity index (χ3n) is 2.86. The van der Waals surface area contributed by atoms with Crippen molar-refractivity contribution in [2.24, 2.45) is 0 Å². The van der Waals surface area contributed by atoms with E-state index in [0.717, 1.165) is 5.39 Å². The molecule has 0 aliphatic heterocycles. The molecule has 0 aliphatic carbocycles.